The second kappa shape index (κ2) is 5.36. The second-order valence-corrected chi connectivity index (χ2v) is 3.47. The predicted octanol–water partition coefficient (Wildman–Crippen LogP) is 1.72. The Morgan fingerprint density at radius 2 is 2.06 bits per heavy atom. The standard InChI is InChI=1S/C12H12FN3O/c13-11-4-2-1-3-9(11)7-15-12-14-6-5-10(8-17)16-12/h1-6,17H,7-8H2,(H,14,15,16). The third kappa shape index (κ3) is 2.98. The summed E-state index contributed by atoms with van der Waals surface area (Å²) in [6, 6.07) is 8.13. The van der Waals surface area contributed by atoms with E-state index in [1.165, 1.54) is 6.07 Å². The molecular formula is C12H12FN3O. The van der Waals surface area contributed by atoms with Gasteiger partial charge in [0.1, 0.15) is 5.82 Å². The first-order valence-corrected chi connectivity index (χ1v) is 5.19. The summed E-state index contributed by atoms with van der Waals surface area (Å²) in [6.45, 7) is 0.165. The molecule has 0 bridgehead atoms. The Hall–Kier alpha value is -2.01. The van der Waals surface area contributed by atoms with Crippen LogP contribution in [0.25, 0.3) is 0 Å². The highest BCUT2D eigenvalue weighted by Crippen LogP contribution is 2.08. The molecule has 0 unspecified atom stereocenters. The second-order valence-electron chi connectivity index (χ2n) is 3.47. The maximum atomic E-state index is 13.3. The molecule has 0 aliphatic heterocycles. The van der Waals surface area contributed by atoms with Gasteiger partial charge in [-0.3, -0.25) is 0 Å². The van der Waals surface area contributed by atoms with Crippen LogP contribution < -0.4 is 5.32 Å². The molecule has 2 N–H and O–H groups in total. The summed E-state index contributed by atoms with van der Waals surface area (Å²) in [6.07, 6.45) is 1.54. The molecule has 1 aromatic carbocycles. The zero-order valence-corrected chi connectivity index (χ0v) is 9.10. The van der Waals surface area contributed by atoms with Crippen molar-refractivity contribution in [3.8, 4) is 0 Å². The van der Waals surface area contributed by atoms with Crippen LogP contribution in [0.5, 0.6) is 0 Å². The van der Waals surface area contributed by atoms with Gasteiger partial charge in [0.25, 0.3) is 0 Å². The molecule has 0 amide bonds. The maximum Gasteiger partial charge on any atom is 0.223 e. The van der Waals surface area contributed by atoms with Crippen molar-refractivity contribution in [2.45, 2.75) is 13.2 Å². The van der Waals surface area contributed by atoms with Crippen LogP contribution >= 0.6 is 0 Å². The molecular weight excluding hydrogens is 221 g/mol. The lowest BCUT2D eigenvalue weighted by Gasteiger charge is -2.06. The number of nitrogens with one attached hydrogen (secondary N) is 1. The highest BCUT2D eigenvalue weighted by molar-refractivity contribution is 5.28. The quantitative estimate of drug-likeness (QED) is 0.844. The van der Waals surface area contributed by atoms with Crippen molar-refractivity contribution in [3.05, 3.63) is 53.6 Å². The van der Waals surface area contributed by atoms with Crippen molar-refractivity contribution in [2.75, 3.05) is 5.32 Å². The average Bonchev–Trinajstić information content (AvgIpc) is 2.38. The fourth-order valence-corrected chi connectivity index (χ4v) is 1.39. The van der Waals surface area contributed by atoms with Crippen LogP contribution in [-0.2, 0) is 13.2 Å². The normalized spacial score (nSPS) is 10.2. The van der Waals surface area contributed by atoms with Gasteiger partial charge in [-0.1, -0.05) is 18.2 Å². The zero-order chi connectivity index (χ0) is 12.1. The minimum atomic E-state index is -0.265. The van der Waals surface area contributed by atoms with Crippen molar-refractivity contribution >= 4 is 5.95 Å². The van der Waals surface area contributed by atoms with E-state index in [1.54, 1.807) is 30.5 Å². The molecule has 88 valence electrons. The Balaban J connectivity index is 2.05. The van der Waals surface area contributed by atoms with E-state index in [4.69, 9.17) is 5.11 Å². The van der Waals surface area contributed by atoms with Crippen LogP contribution in [0, 0.1) is 5.82 Å². The first-order valence-electron chi connectivity index (χ1n) is 5.19. The molecule has 1 aromatic heterocycles. The molecule has 17 heavy (non-hydrogen) atoms. The smallest absolute Gasteiger partial charge is 0.223 e. The maximum absolute atomic E-state index is 13.3. The average molecular weight is 233 g/mol. The van der Waals surface area contributed by atoms with Crippen LogP contribution in [0.2, 0.25) is 0 Å². The fraction of sp³-hybridized carbons (Fsp3) is 0.167. The lowest BCUT2D eigenvalue weighted by atomic mass is 10.2. The Morgan fingerprint density at radius 1 is 1.24 bits per heavy atom. The lowest BCUT2D eigenvalue weighted by molar-refractivity contribution is 0.277. The van der Waals surface area contributed by atoms with Gasteiger partial charge in [0.15, 0.2) is 0 Å². The monoisotopic (exact) mass is 233 g/mol. The van der Waals surface area contributed by atoms with Gasteiger partial charge in [-0.05, 0) is 12.1 Å². The minimum Gasteiger partial charge on any atom is -0.390 e. The van der Waals surface area contributed by atoms with E-state index in [2.05, 4.69) is 15.3 Å². The molecule has 1 heterocycles. The van der Waals surface area contributed by atoms with Gasteiger partial charge in [0.05, 0.1) is 12.3 Å². The number of hydrogen-bond acceptors (Lipinski definition) is 4. The van der Waals surface area contributed by atoms with E-state index in [9.17, 15) is 4.39 Å². The molecule has 0 spiro atoms. The van der Waals surface area contributed by atoms with Crippen LogP contribution in [0.3, 0.4) is 0 Å². The van der Waals surface area contributed by atoms with Crippen molar-refractivity contribution < 1.29 is 9.50 Å². The largest absolute Gasteiger partial charge is 0.390 e. The van der Waals surface area contributed by atoms with E-state index in [0.29, 0.717) is 23.8 Å². The van der Waals surface area contributed by atoms with Crippen LogP contribution in [0.4, 0.5) is 10.3 Å². The molecule has 0 saturated heterocycles. The van der Waals surface area contributed by atoms with Crippen LogP contribution in [-0.4, -0.2) is 15.1 Å². The van der Waals surface area contributed by atoms with E-state index >= 15 is 0 Å². The van der Waals surface area contributed by atoms with Crippen LogP contribution in [0.1, 0.15) is 11.3 Å². The fourth-order valence-electron chi connectivity index (χ4n) is 1.39. The predicted molar refractivity (Wildman–Crippen MR) is 61.7 cm³/mol. The molecule has 0 fully saturated rings. The summed E-state index contributed by atoms with van der Waals surface area (Å²) in [5, 5.41) is 11.8. The molecule has 4 nitrogen and oxygen atoms in total. The van der Waals surface area contributed by atoms with Gasteiger partial charge in [-0.25, -0.2) is 14.4 Å². The SMILES string of the molecule is OCc1ccnc(NCc2ccccc2F)n1. The molecule has 0 aliphatic carbocycles. The number of nitrogens with zero attached hydrogens (tertiary/aromatic N) is 2. The summed E-state index contributed by atoms with van der Waals surface area (Å²) in [4.78, 5) is 8.02. The van der Waals surface area contributed by atoms with Gasteiger partial charge in [-0.2, -0.15) is 0 Å². The minimum absolute atomic E-state index is 0.142. The molecule has 0 radical (unpaired) electrons. The highest BCUT2D eigenvalue weighted by Gasteiger charge is 2.02. The first kappa shape index (κ1) is 11.5. The number of aromatic nitrogens is 2. The van der Waals surface area contributed by atoms with Crippen molar-refractivity contribution in [1.29, 1.82) is 0 Å². The number of aliphatic hydroxyl groups is 1. The summed E-state index contributed by atoms with van der Waals surface area (Å²) in [5.41, 5.74) is 1.07. The Bertz CT molecular complexity index is 505. The topological polar surface area (TPSA) is 58.0 Å². The van der Waals surface area contributed by atoms with E-state index < -0.39 is 0 Å². The van der Waals surface area contributed by atoms with Gasteiger partial charge in [0.2, 0.25) is 5.95 Å². The molecule has 0 saturated carbocycles. The third-order valence-corrected chi connectivity index (χ3v) is 2.27. The van der Waals surface area contributed by atoms with E-state index in [-0.39, 0.29) is 12.4 Å². The first-order chi connectivity index (χ1) is 8.29. The lowest BCUT2D eigenvalue weighted by Crippen LogP contribution is -2.06. The van der Waals surface area contributed by atoms with Gasteiger partial charge >= 0.3 is 0 Å². The number of benzene rings is 1. The molecule has 2 aromatic rings. The number of aliphatic hydroxyl groups excluding tert-OH is 1. The number of hydrogen-bond donors (Lipinski definition) is 2. The third-order valence-electron chi connectivity index (χ3n) is 2.27. The van der Waals surface area contributed by atoms with Gasteiger partial charge in [-0.15, -0.1) is 0 Å². The summed E-state index contributed by atoms with van der Waals surface area (Å²) in [7, 11) is 0. The van der Waals surface area contributed by atoms with Crippen molar-refractivity contribution in [2.24, 2.45) is 0 Å². The molecule has 0 atom stereocenters. The summed E-state index contributed by atoms with van der Waals surface area (Å²) in [5.74, 6) is 0.109. The molecule has 2 rings (SSSR count). The number of anilines is 1. The number of rotatable bonds is 4. The highest BCUT2D eigenvalue weighted by atomic mass is 19.1. The summed E-state index contributed by atoms with van der Waals surface area (Å²) >= 11 is 0. The number of halogens is 1. The van der Waals surface area contributed by atoms with E-state index in [0.717, 1.165) is 0 Å². The Labute approximate surface area is 98.2 Å². The molecule has 0 aliphatic rings. The van der Waals surface area contributed by atoms with Crippen LogP contribution in [0.15, 0.2) is 36.5 Å². The van der Waals surface area contributed by atoms with Crippen molar-refractivity contribution in [3.63, 3.8) is 0 Å². The molecule has 5 heteroatoms. The van der Waals surface area contributed by atoms with Crippen molar-refractivity contribution in [1.82, 2.24) is 9.97 Å². The summed E-state index contributed by atoms with van der Waals surface area (Å²) < 4.78 is 13.3. The van der Waals surface area contributed by atoms with Gasteiger partial charge in [0, 0.05) is 18.3 Å². The zero-order valence-electron chi connectivity index (χ0n) is 9.10. The van der Waals surface area contributed by atoms with Gasteiger partial charge < -0.3 is 10.4 Å². The Kier molecular flexibility index (Phi) is 3.62. The Morgan fingerprint density at radius 3 is 2.82 bits per heavy atom. The van der Waals surface area contributed by atoms with E-state index in [1.807, 2.05) is 0 Å².